The van der Waals surface area contributed by atoms with Crippen molar-refractivity contribution >= 4 is 17.8 Å². The second-order valence-electron chi connectivity index (χ2n) is 5.30. The topological polar surface area (TPSA) is 95.9 Å². The van der Waals surface area contributed by atoms with Gasteiger partial charge in [-0.2, -0.15) is 0 Å². The van der Waals surface area contributed by atoms with Crippen LogP contribution in [0.5, 0.6) is 5.75 Å². The van der Waals surface area contributed by atoms with Crippen LogP contribution >= 0.6 is 0 Å². The second-order valence-corrected chi connectivity index (χ2v) is 5.30. The van der Waals surface area contributed by atoms with E-state index in [4.69, 9.17) is 9.84 Å². The fourth-order valence-electron chi connectivity index (χ4n) is 2.43. The van der Waals surface area contributed by atoms with Gasteiger partial charge in [-0.1, -0.05) is 0 Å². The molecule has 1 atom stereocenters. The SMILES string of the molecule is CCOc1ccc(C(=O)NCC(=O)N2CCC(C(=O)O)C2)cc1. The molecule has 0 radical (unpaired) electrons. The smallest absolute Gasteiger partial charge is 0.308 e. The van der Waals surface area contributed by atoms with Crippen molar-refractivity contribution in [3.8, 4) is 5.75 Å². The summed E-state index contributed by atoms with van der Waals surface area (Å²) >= 11 is 0. The van der Waals surface area contributed by atoms with E-state index in [1.807, 2.05) is 6.92 Å². The van der Waals surface area contributed by atoms with Crippen molar-refractivity contribution < 1.29 is 24.2 Å². The van der Waals surface area contributed by atoms with Crippen LogP contribution in [0.15, 0.2) is 24.3 Å². The summed E-state index contributed by atoms with van der Waals surface area (Å²) in [5.41, 5.74) is 0.436. The summed E-state index contributed by atoms with van der Waals surface area (Å²) in [5.74, 6) is -1.35. The van der Waals surface area contributed by atoms with Crippen molar-refractivity contribution in [3.63, 3.8) is 0 Å². The summed E-state index contributed by atoms with van der Waals surface area (Å²) < 4.78 is 5.30. The standard InChI is InChI=1S/C16H20N2O5/c1-2-23-13-5-3-11(4-6-13)15(20)17-9-14(19)18-8-7-12(10-18)16(21)22/h3-6,12H,2,7-10H2,1H3,(H,17,20)(H,21,22). The first-order valence-corrected chi connectivity index (χ1v) is 7.53. The van der Waals surface area contributed by atoms with Gasteiger partial charge in [0.15, 0.2) is 0 Å². The van der Waals surface area contributed by atoms with Gasteiger partial charge in [-0.15, -0.1) is 0 Å². The molecular formula is C16H20N2O5. The number of carboxylic acid groups (broad SMARTS) is 1. The molecule has 2 rings (SSSR count). The maximum absolute atomic E-state index is 12.0. The Hall–Kier alpha value is -2.57. The molecule has 7 heteroatoms. The van der Waals surface area contributed by atoms with Gasteiger partial charge in [-0.3, -0.25) is 14.4 Å². The number of carbonyl (C=O) groups is 3. The first-order valence-electron chi connectivity index (χ1n) is 7.53. The lowest BCUT2D eigenvalue weighted by molar-refractivity contribution is -0.141. The van der Waals surface area contributed by atoms with Crippen LogP contribution in [-0.4, -0.2) is 54.0 Å². The highest BCUT2D eigenvalue weighted by molar-refractivity contribution is 5.96. The van der Waals surface area contributed by atoms with Crippen LogP contribution in [0.2, 0.25) is 0 Å². The Labute approximate surface area is 134 Å². The average Bonchev–Trinajstić information content (AvgIpc) is 3.03. The van der Waals surface area contributed by atoms with Crippen molar-refractivity contribution in [2.75, 3.05) is 26.2 Å². The first-order chi connectivity index (χ1) is 11.0. The fourth-order valence-corrected chi connectivity index (χ4v) is 2.43. The first kappa shape index (κ1) is 16.8. The molecule has 23 heavy (non-hydrogen) atoms. The Balaban J connectivity index is 1.82. The Morgan fingerprint density at radius 3 is 2.57 bits per heavy atom. The molecule has 1 aromatic carbocycles. The van der Waals surface area contributed by atoms with Crippen molar-refractivity contribution in [2.24, 2.45) is 5.92 Å². The molecule has 124 valence electrons. The zero-order chi connectivity index (χ0) is 16.8. The summed E-state index contributed by atoms with van der Waals surface area (Å²) in [4.78, 5) is 36.3. The van der Waals surface area contributed by atoms with Crippen LogP contribution in [-0.2, 0) is 9.59 Å². The average molecular weight is 320 g/mol. The van der Waals surface area contributed by atoms with E-state index in [0.717, 1.165) is 0 Å². The Morgan fingerprint density at radius 1 is 1.30 bits per heavy atom. The van der Waals surface area contributed by atoms with E-state index in [1.165, 1.54) is 4.90 Å². The molecule has 0 bridgehead atoms. The Morgan fingerprint density at radius 2 is 2.00 bits per heavy atom. The summed E-state index contributed by atoms with van der Waals surface area (Å²) in [5, 5.41) is 11.5. The summed E-state index contributed by atoms with van der Waals surface area (Å²) in [6.45, 7) is 2.90. The van der Waals surface area contributed by atoms with Crippen molar-refractivity contribution in [1.29, 1.82) is 0 Å². The molecule has 1 aromatic rings. The number of hydrogen-bond acceptors (Lipinski definition) is 4. The largest absolute Gasteiger partial charge is 0.494 e. The van der Waals surface area contributed by atoms with E-state index in [0.29, 0.717) is 30.9 Å². The Kier molecular flexibility index (Phi) is 5.56. The van der Waals surface area contributed by atoms with E-state index in [1.54, 1.807) is 24.3 Å². The lowest BCUT2D eigenvalue weighted by atomic mass is 10.1. The van der Waals surface area contributed by atoms with Crippen molar-refractivity contribution in [1.82, 2.24) is 10.2 Å². The molecular weight excluding hydrogens is 300 g/mol. The molecule has 2 N–H and O–H groups in total. The summed E-state index contributed by atoms with van der Waals surface area (Å²) in [6, 6.07) is 6.64. The lowest BCUT2D eigenvalue weighted by Crippen LogP contribution is -2.39. The molecule has 0 saturated carbocycles. The zero-order valence-electron chi connectivity index (χ0n) is 12.9. The van der Waals surface area contributed by atoms with Gasteiger partial charge < -0.3 is 20.1 Å². The number of nitrogens with one attached hydrogen (secondary N) is 1. The number of carbonyl (C=O) groups excluding carboxylic acids is 2. The molecule has 1 aliphatic rings. The van der Waals surface area contributed by atoms with Gasteiger partial charge >= 0.3 is 5.97 Å². The third-order valence-corrected chi connectivity index (χ3v) is 3.72. The number of aliphatic carboxylic acids is 1. The molecule has 1 saturated heterocycles. The molecule has 0 aliphatic carbocycles. The van der Waals surface area contributed by atoms with E-state index in [-0.39, 0.29) is 24.9 Å². The minimum Gasteiger partial charge on any atom is -0.494 e. The van der Waals surface area contributed by atoms with Crippen LogP contribution in [0.4, 0.5) is 0 Å². The van der Waals surface area contributed by atoms with Crippen LogP contribution in [0.3, 0.4) is 0 Å². The number of amides is 2. The molecule has 1 unspecified atom stereocenters. The summed E-state index contributed by atoms with van der Waals surface area (Å²) in [7, 11) is 0. The number of benzene rings is 1. The predicted octanol–water partition coefficient (Wildman–Crippen LogP) is 0.748. The number of likely N-dealkylation sites (tertiary alicyclic amines) is 1. The quantitative estimate of drug-likeness (QED) is 0.806. The fraction of sp³-hybridized carbons (Fsp3) is 0.438. The third-order valence-electron chi connectivity index (χ3n) is 3.72. The predicted molar refractivity (Wildman–Crippen MR) is 82.3 cm³/mol. The monoisotopic (exact) mass is 320 g/mol. The molecule has 0 spiro atoms. The van der Waals surface area contributed by atoms with Gasteiger partial charge in [0, 0.05) is 18.7 Å². The van der Waals surface area contributed by atoms with Gasteiger partial charge in [0.2, 0.25) is 5.91 Å². The highest BCUT2D eigenvalue weighted by Gasteiger charge is 2.30. The van der Waals surface area contributed by atoms with Gasteiger partial charge in [0.25, 0.3) is 5.91 Å². The third kappa shape index (κ3) is 4.45. The molecule has 7 nitrogen and oxygen atoms in total. The van der Waals surface area contributed by atoms with Crippen LogP contribution in [0.1, 0.15) is 23.7 Å². The normalized spacial score (nSPS) is 16.9. The summed E-state index contributed by atoms with van der Waals surface area (Å²) in [6.07, 6.45) is 0.452. The highest BCUT2D eigenvalue weighted by Crippen LogP contribution is 2.16. The number of rotatable bonds is 6. The van der Waals surface area contributed by atoms with E-state index < -0.39 is 11.9 Å². The second kappa shape index (κ2) is 7.62. The highest BCUT2D eigenvalue weighted by atomic mass is 16.5. The molecule has 1 heterocycles. The number of hydrogen-bond donors (Lipinski definition) is 2. The minimum absolute atomic E-state index is 0.140. The maximum atomic E-state index is 12.0. The van der Waals surface area contributed by atoms with Gasteiger partial charge in [0.05, 0.1) is 19.1 Å². The van der Waals surface area contributed by atoms with E-state index in [2.05, 4.69) is 5.32 Å². The molecule has 2 amide bonds. The van der Waals surface area contributed by atoms with Crippen molar-refractivity contribution in [2.45, 2.75) is 13.3 Å². The van der Waals surface area contributed by atoms with Crippen molar-refractivity contribution in [3.05, 3.63) is 29.8 Å². The lowest BCUT2D eigenvalue weighted by Gasteiger charge is -2.16. The zero-order valence-corrected chi connectivity index (χ0v) is 12.9. The Bertz CT molecular complexity index is 585. The number of ether oxygens (including phenoxy) is 1. The van der Waals surface area contributed by atoms with Gasteiger partial charge in [0.1, 0.15) is 5.75 Å². The number of nitrogens with zero attached hydrogens (tertiary/aromatic N) is 1. The van der Waals surface area contributed by atoms with Crippen LogP contribution < -0.4 is 10.1 Å². The molecule has 1 fully saturated rings. The van der Waals surface area contributed by atoms with Crippen LogP contribution in [0, 0.1) is 5.92 Å². The van der Waals surface area contributed by atoms with Crippen LogP contribution in [0.25, 0.3) is 0 Å². The molecule has 0 aromatic heterocycles. The van der Waals surface area contributed by atoms with E-state index >= 15 is 0 Å². The van der Waals surface area contributed by atoms with Gasteiger partial charge in [-0.05, 0) is 37.6 Å². The van der Waals surface area contributed by atoms with Gasteiger partial charge in [-0.25, -0.2) is 0 Å². The van der Waals surface area contributed by atoms with E-state index in [9.17, 15) is 14.4 Å². The minimum atomic E-state index is -0.890. The molecule has 1 aliphatic heterocycles. The maximum Gasteiger partial charge on any atom is 0.308 e. The number of carboxylic acids is 1.